The van der Waals surface area contributed by atoms with Gasteiger partial charge >= 0.3 is 0 Å². The molecule has 2 aromatic carbocycles. The van der Waals surface area contributed by atoms with E-state index in [0.29, 0.717) is 25.2 Å². The molecular weight excluding hydrogens is 367 g/mol. The fourth-order valence-corrected chi connectivity index (χ4v) is 3.54. The van der Waals surface area contributed by atoms with E-state index in [-0.39, 0.29) is 5.75 Å². The highest BCUT2D eigenvalue weighted by atomic mass is 19.1. The fraction of sp³-hybridized carbons (Fsp3) is 0.261. The number of benzene rings is 2. The summed E-state index contributed by atoms with van der Waals surface area (Å²) in [4.78, 5) is 4.07. The zero-order valence-electron chi connectivity index (χ0n) is 16.7. The van der Waals surface area contributed by atoms with Crippen LogP contribution in [0.3, 0.4) is 0 Å². The van der Waals surface area contributed by atoms with Crippen LogP contribution in [-0.4, -0.2) is 31.5 Å². The van der Waals surface area contributed by atoms with E-state index in [2.05, 4.69) is 28.9 Å². The average molecular weight is 394 g/mol. The number of anilines is 1. The van der Waals surface area contributed by atoms with Gasteiger partial charge in [0.25, 0.3) is 0 Å². The van der Waals surface area contributed by atoms with E-state index in [9.17, 15) is 9.50 Å². The Morgan fingerprint density at radius 1 is 1.34 bits per heavy atom. The molecule has 0 spiro atoms. The van der Waals surface area contributed by atoms with E-state index in [0.717, 1.165) is 52.2 Å². The van der Waals surface area contributed by atoms with Crippen molar-refractivity contribution < 1.29 is 9.50 Å². The lowest BCUT2D eigenvalue weighted by molar-refractivity contribution is 0.432. The molecule has 0 aliphatic carbocycles. The predicted octanol–water partition coefficient (Wildman–Crippen LogP) is 3.85. The topological polar surface area (TPSA) is 82.7 Å². The summed E-state index contributed by atoms with van der Waals surface area (Å²) in [6.45, 7) is 11.9. The van der Waals surface area contributed by atoms with Crippen molar-refractivity contribution in [3.05, 3.63) is 65.2 Å². The minimum atomic E-state index is -0.643. The maximum absolute atomic E-state index is 13.9. The normalized spacial score (nSPS) is 14.0. The number of halogens is 1. The van der Waals surface area contributed by atoms with Crippen LogP contribution < -0.4 is 16.4 Å². The van der Waals surface area contributed by atoms with Gasteiger partial charge < -0.3 is 21.5 Å². The van der Waals surface area contributed by atoms with Gasteiger partial charge in [-0.25, -0.2) is 4.39 Å². The van der Waals surface area contributed by atoms with E-state index in [1.54, 1.807) is 0 Å². The van der Waals surface area contributed by atoms with E-state index in [1.807, 2.05) is 25.1 Å². The first-order valence-corrected chi connectivity index (χ1v) is 9.67. The number of nitrogen functional groups attached to an aromatic ring is 1. The van der Waals surface area contributed by atoms with Crippen LogP contribution in [0.15, 0.2) is 53.3 Å². The molecule has 1 heterocycles. The van der Waals surface area contributed by atoms with Crippen molar-refractivity contribution in [2.45, 2.75) is 19.8 Å². The van der Waals surface area contributed by atoms with E-state index >= 15 is 0 Å². The molecule has 0 saturated heterocycles. The molecule has 0 fully saturated rings. The van der Waals surface area contributed by atoms with Gasteiger partial charge in [0.05, 0.1) is 5.70 Å². The lowest BCUT2D eigenvalue weighted by Crippen LogP contribution is -2.30. The fourth-order valence-electron chi connectivity index (χ4n) is 3.54. The Morgan fingerprint density at radius 2 is 2.14 bits per heavy atom. The Labute approximate surface area is 170 Å². The molecule has 0 bridgehead atoms. The Bertz CT molecular complexity index is 981. The summed E-state index contributed by atoms with van der Waals surface area (Å²) in [6.07, 6.45) is 1.54. The molecule has 0 atom stereocenters. The Hall–Kier alpha value is -3.12. The average Bonchev–Trinajstić information content (AvgIpc) is 2.73. The van der Waals surface area contributed by atoms with Gasteiger partial charge in [-0.1, -0.05) is 25.6 Å². The highest BCUT2D eigenvalue weighted by Gasteiger charge is 2.14. The number of hydrogen-bond acceptors (Lipinski definition) is 5. The molecule has 3 rings (SSSR count). The number of aryl methyl sites for hydroxylation is 1. The molecule has 29 heavy (non-hydrogen) atoms. The standard InChI is InChI=1S/C23H27FN4O/c1-4-15-10-23(29)19(24)11-18(15)16-5-6-17(20(25)9-16)14(2)12-28-21-7-8-27-13-22(21)26-3/h5-6,9-11,27-29H,2-4,7-8,12-13,25H2,1H3. The second-order valence-electron chi connectivity index (χ2n) is 7.08. The van der Waals surface area contributed by atoms with Crippen LogP contribution in [0.2, 0.25) is 0 Å². The number of nitrogens with zero attached hydrogens (tertiary/aromatic N) is 1. The second kappa shape index (κ2) is 8.92. The molecule has 2 aromatic rings. The van der Waals surface area contributed by atoms with Crippen LogP contribution in [0, 0.1) is 5.82 Å². The molecule has 5 N–H and O–H groups in total. The first-order chi connectivity index (χ1) is 13.9. The summed E-state index contributed by atoms with van der Waals surface area (Å²) in [5.74, 6) is -0.981. The minimum Gasteiger partial charge on any atom is -0.505 e. The summed E-state index contributed by atoms with van der Waals surface area (Å²) in [5.41, 5.74) is 13.0. The lowest BCUT2D eigenvalue weighted by atomic mass is 9.94. The predicted molar refractivity (Wildman–Crippen MR) is 118 cm³/mol. The number of phenolic OH excluding ortho intramolecular Hbond substituents is 1. The van der Waals surface area contributed by atoms with Gasteiger partial charge in [-0.15, -0.1) is 0 Å². The summed E-state index contributed by atoms with van der Waals surface area (Å²) >= 11 is 0. The Kier molecular flexibility index (Phi) is 6.34. The number of aliphatic imine (C=N–C) groups is 1. The SMILES string of the molecule is C=NC1=C(NCC(=C)c2ccc(-c3cc(F)c(O)cc3CC)cc2N)CCNC1. The summed E-state index contributed by atoms with van der Waals surface area (Å²) in [7, 11) is 0. The van der Waals surface area contributed by atoms with Crippen LogP contribution in [-0.2, 0) is 6.42 Å². The molecule has 1 aliphatic rings. The number of aromatic hydroxyl groups is 1. The van der Waals surface area contributed by atoms with E-state index < -0.39 is 5.82 Å². The molecule has 0 aromatic heterocycles. The maximum atomic E-state index is 13.9. The maximum Gasteiger partial charge on any atom is 0.165 e. The van der Waals surface area contributed by atoms with Crippen molar-refractivity contribution in [3.8, 4) is 16.9 Å². The van der Waals surface area contributed by atoms with Gasteiger partial charge in [-0.05, 0) is 53.6 Å². The van der Waals surface area contributed by atoms with Crippen molar-refractivity contribution >= 4 is 18.0 Å². The number of phenols is 1. The van der Waals surface area contributed by atoms with Crippen LogP contribution in [0.1, 0.15) is 24.5 Å². The molecule has 6 heteroatoms. The Morgan fingerprint density at radius 3 is 2.83 bits per heavy atom. The summed E-state index contributed by atoms with van der Waals surface area (Å²) in [6, 6.07) is 8.46. The largest absolute Gasteiger partial charge is 0.505 e. The van der Waals surface area contributed by atoms with Gasteiger partial charge in [0, 0.05) is 43.0 Å². The van der Waals surface area contributed by atoms with Crippen molar-refractivity contribution in [2.75, 3.05) is 25.4 Å². The Balaban J connectivity index is 1.81. The summed E-state index contributed by atoms with van der Waals surface area (Å²) in [5, 5.41) is 16.3. The number of hydrogen-bond donors (Lipinski definition) is 4. The van der Waals surface area contributed by atoms with Crippen molar-refractivity contribution in [3.63, 3.8) is 0 Å². The highest BCUT2D eigenvalue weighted by Crippen LogP contribution is 2.33. The third kappa shape index (κ3) is 4.49. The van der Waals surface area contributed by atoms with Gasteiger partial charge in [-0.2, -0.15) is 0 Å². The van der Waals surface area contributed by atoms with Gasteiger partial charge in [-0.3, -0.25) is 4.99 Å². The molecular formula is C23H27FN4O. The quantitative estimate of drug-likeness (QED) is 0.425. The zero-order valence-corrected chi connectivity index (χ0v) is 16.7. The number of nitrogens with one attached hydrogen (secondary N) is 2. The smallest absolute Gasteiger partial charge is 0.165 e. The molecule has 152 valence electrons. The zero-order chi connectivity index (χ0) is 21.0. The van der Waals surface area contributed by atoms with Gasteiger partial charge in [0.1, 0.15) is 0 Å². The van der Waals surface area contributed by atoms with Crippen LogP contribution in [0.25, 0.3) is 16.7 Å². The molecule has 0 unspecified atom stereocenters. The molecule has 0 amide bonds. The van der Waals surface area contributed by atoms with Crippen molar-refractivity contribution in [1.29, 1.82) is 0 Å². The van der Waals surface area contributed by atoms with E-state index in [4.69, 9.17) is 5.73 Å². The second-order valence-corrected chi connectivity index (χ2v) is 7.08. The first-order valence-electron chi connectivity index (χ1n) is 9.67. The first kappa shape index (κ1) is 20.6. The number of nitrogens with two attached hydrogens (primary N) is 1. The van der Waals surface area contributed by atoms with Crippen molar-refractivity contribution in [1.82, 2.24) is 10.6 Å². The van der Waals surface area contributed by atoms with Gasteiger partial charge in [0.15, 0.2) is 11.6 Å². The third-order valence-corrected chi connectivity index (χ3v) is 5.20. The molecule has 0 saturated carbocycles. The molecule has 5 nitrogen and oxygen atoms in total. The summed E-state index contributed by atoms with van der Waals surface area (Å²) < 4.78 is 13.9. The van der Waals surface area contributed by atoms with Crippen LogP contribution >= 0.6 is 0 Å². The van der Waals surface area contributed by atoms with Gasteiger partial charge in [0.2, 0.25) is 0 Å². The van der Waals surface area contributed by atoms with Crippen LogP contribution in [0.5, 0.6) is 5.75 Å². The monoisotopic (exact) mass is 394 g/mol. The van der Waals surface area contributed by atoms with E-state index in [1.165, 1.54) is 12.1 Å². The highest BCUT2D eigenvalue weighted by molar-refractivity contribution is 5.80. The molecule has 0 radical (unpaired) electrons. The lowest BCUT2D eigenvalue weighted by Gasteiger charge is -2.21. The number of rotatable bonds is 7. The van der Waals surface area contributed by atoms with Crippen molar-refractivity contribution in [2.24, 2.45) is 4.99 Å². The minimum absolute atomic E-state index is 0.338. The third-order valence-electron chi connectivity index (χ3n) is 5.20. The van der Waals surface area contributed by atoms with Crippen LogP contribution in [0.4, 0.5) is 10.1 Å². The molecule has 1 aliphatic heterocycles.